The van der Waals surface area contributed by atoms with E-state index in [1.807, 2.05) is 48.5 Å². The summed E-state index contributed by atoms with van der Waals surface area (Å²) in [7, 11) is 2.59. The number of carbonyl (C=O) groups excluding carboxylic acids is 4. The fourth-order valence-electron chi connectivity index (χ4n) is 7.38. The minimum atomic E-state index is -0.516. The van der Waals surface area contributed by atoms with Crippen LogP contribution in [0.2, 0.25) is 10.0 Å². The van der Waals surface area contributed by atoms with Gasteiger partial charge in [0.05, 0.1) is 59.4 Å². The van der Waals surface area contributed by atoms with Crippen LogP contribution in [-0.2, 0) is 53.0 Å². The molecule has 0 saturated heterocycles. The molecular weight excluding hydrogens is 827 g/mol. The van der Waals surface area contributed by atoms with Crippen LogP contribution >= 0.6 is 23.2 Å². The van der Waals surface area contributed by atoms with E-state index >= 15 is 0 Å². The van der Waals surface area contributed by atoms with Crippen molar-refractivity contribution in [1.82, 2.24) is 20.6 Å². The van der Waals surface area contributed by atoms with Gasteiger partial charge in [0.1, 0.15) is 6.04 Å². The number of hydrogen-bond acceptors (Lipinski definition) is 10. The number of methoxy groups -OCH3 is 2. The molecule has 2 aliphatic carbocycles. The third kappa shape index (κ3) is 11.0. The van der Waals surface area contributed by atoms with Crippen LogP contribution in [0.25, 0.3) is 0 Å². The Balaban J connectivity index is 0.000000174. The first-order valence-electron chi connectivity index (χ1n) is 19.7. The molecular formula is C48H44Cl2N6O6. The van der Waals surface area contributed by atoms with Crippen molar-refractivity contribution in [2.45, 2.75) is 50.9 Å². The SMILES string of the molecule is COC(=O)c1cnc(CN)c(Cl)c1.COC(=O)c1cnc(CNC(=O)NC2c3ccccc3CCc3ccccc32)c(Cl)c1.O=C=NC1c2ccccc2CCc2ccccc21. The van der Waals surface area contributed by atoms with E-state index in [1.54, 1.807) is 6.08 Å². The maximum atomic E-state index is 12.8. The van der Waals surface area contributed by atoms with Gasteiger partial charge in [-0.1, -0.05) is 120 Å². The van der Waals surface area contributed by atoms with Gasteiger partial charge >= 0.3 is 18.0 Å². The van der Waals surface area contributed by atoms with Gasteiger partial charge in [-0.2, -0.15) is 4.99 Å². The number of pyridine rings is 2. The lowest BCUT2D eigenvalue weighted by atomic mass is 9.95. The number of halogens is 2. The van der Waals surface area contributed by atoms with Crippen LogP contribution < -0.4 is 16.4 Å². The standard InChI is InChI=1S/C24H22ClN3O3.C16H13NO.C8H9ClN2O2/c1-31-23(29)17-12-20(25)21(26-13-17)14-27-24(30)28-22-18-8-4-2-6-15(18)10-11-16-7-3-5-9-19(16)22;18-11-17-16-14-7-3-1-5-12(14)9-10-13-6-2-4-8-15(13)16;1-13-8(12)5-2-6(9)7(3-10)11-4-5/h2-9,12-13,22H,10-11,14H2,1H3,(H2,27,28,30);1-8,16H,9-10H2;2,4H,3,10H2,1H3. The zero-order chi connectivity index (χ0) is 44.0. The number of carbonyl (C=O) groups is 3. The molecule has 2 aromatic heterocycles. The number of ether oxygens (including phenoxy) is 2. The van der Waals surface area contributed by atoms with Crippen LogP contribution in [0.1, 0.15) is 88.7 Å². The highest BCUT2D eigenvalue weighted by molar-refractivity contribution is 6.31. The van der Waals surface area contributed by atoms with Crippen LogP contribution in [-0.4, -0.2) is 48.2 Å². The summed E-state index contributed by atoms with van der Waals surface area (Å²) in [5.41, 5.74) is 16.4. The van der Waals surface area contributed by atoms with E-state index in [2.05, 4.69) is 83.6 Å². The molecule has 0 saturated carbocycles. The highest BCUT2D eigenvalue weighted by atomic mass is 35.5. The molecule has 4 N–H and O–H groups in total. The Morgan fingerprint density at radius 1 is 0.677 bits per heavy atom. The van der Waals surface area contributed by atoms with Gasteiger partial charge in [-0.05, 0) is 82.3 Å². The number of aromatic nitrogens is 2. The summed E-state index contributed by atoms with van der Waals surface area (Å²) in [4.78, 5) is 58.2. The van der Waals surface area contributed by atoms with E-state index < -0.39 is 11.9 Å². The highest BCUT2D eigenvalue weighted by Crippen LogP contribution is 2.35. The predicted octanol–water partition coefficient (Wildman–Crippen LogP) is 8.40. The molecule has 2 aliphatic rings. The van der Waals surface area contributed by atoms with Gasteiger partial charge in [0.25, 0.3) is 0 Å². The molecule has 2 heterocycles. The number of nitrogens with one attached hydrogen (secondary N) is 2. The summed E-state index contributed by atoms with van der Waals surface area (Å²) in [6, 6.07) is 35.0. The topological polar surface area (TPSA) is 175 Å². The molecule has 6 aromatic rings. The number of esters is 2. The van der Waals surface area contributed by atoms with Crippen molar-refractivity contribution in [1.29, 1.82) is 0 Å². The Bertz CT molecular complexity index is 2520. The lowest BCUT2D eigenvalue weighted by molar-refractivity contribution is 0.0591. The van der Waals surface area contributed by atoms with Crippen molar-refractivity contribution in [2.24, 2.45) is 10.7 Å². The smallest absolute Gasteiger partial charge is 0.339 e. The molecule has 4 aromatic carbocycles. The maximum absolute atomic E-state index is 12.8. The number of aryl methyl sites for hydroxylation is 4. The minimum Gasteiger partial charge on any atom is -0.465 e. The van der Waals surface area contributed by atoms with E-state index in [0.29, 0.717) is 22.0 Å². The van der Waals surface area contributed by atoms with Crippen LogP contribution in [0, 0.1) is 0 Å². The van der Waals surface area contributed by atoms with E-state index in [1.165, 1.54) is 61.0 Å². The Morgan fingerprint density at radius 2 is 1.08 bits per heavy atom. The second kappa shape index (κ2) is 21.7. The molecule has 316 valence electrons. The number of urea groups is 1. The monoisotopic (exact) mass is 870 g/mol. The predicted molar refractivity (Wildman–Crippen MR) is 237 cm³/mol. The largest absolute Gasteiger partial charge is 0.465 e. The minimum absolute atomic E-state index is 0.127. The summed E-state index contributed by atoms with van der Waals surface area (Å²) in [6.45, 7) is 0.377. The van der Waals surface area contributed by atoms with Gasteiger partial charge in [0, 0.05) is 18.9 Å². The fraction of sp³-hybridized carbons (Fsp3) is 0.208. The number of nitrogens with zero attached hydrogens (tertiary/aromatic N) is 3. The molecule has 0 unspecified atom stereocenters. The average molecular weight is 872 g/mol. The first kappa shape index (κ1) is 44.9. The first-order chi connectivity index (χ1) is 30.1. The number of benzene rings is 4. The van der Waals surface area contributed by atoms with Crippen molar-refractivity contribution in [3.05, 3.63) is 199 Å². The molecule has 8 rings (SSSR count). The fourth-order valence-corrected chi connectivity index (χ4v) is 7.86. The van der Waals surface area contributed by atoms with Gasteiger partial charge in [-0.15, -0.1) is 0 Å². The second-order valence-electron chi connectivity index (χ2n) is 14.2. The number of isocyanates is 1. The van der Waals surface area contributed by atoms with Crippen LogP contribution in [0.3, 0.4) is 0 Å². The van der Waals surface area contributed by atoms with Crippen molar-refractivity contribution in [3.8, 4) is 0 Å². The van der Waals surface area contributed by atoms with Crippen LogP contribution in [0.15, 0.2) is 127 Å². The zero-order valence-electron chi connectivity index (χ0n) is 34.1. The molecule has 2 amide bonds. The van der Waals surface area contributed by atoms with Crippen molar-refractivity contribution < 1.29 is 28.7 Å². The average Bonchev–Trinajstić information content (AvgIpc) is 3.56. The lowest BCUT2D eigenvalue weighted by Crippen LogP contribution is -2.38. The second-order valence-corrected chi connectivity index (χ2v) is 15.0. The number of nitrogens with two attached hydrogens (primary N) is 1. The van der Waals surface area contributed by atoms with Gasteiger partial charge in [-0.3, -0.25) is 9.97 Å². The van der Waals surface area contributed by atoms with E-state index in [0.717, 1.165) is 47.9 Å². The zero-order valence-corrected chi connectivity index (χ0v) is 35.6. The first-order valence-corrected chi connectivity index (χ1v) is 20.5. The molecule has 0 bridgehead atoms. The lowest BCUT2D eigenvalue weighted by Gasteiger charge is -2.22. The molecule has 62 heavy (non-hydrogen) atoms. The van der Waals surface area contributed by atoms with Crippen molar-refractivity contribution in [2.75, 3.05) is 14.2 Å². The highest BCUT2D eigenvalue weighted by Gasteiger charge is 2.25. The third-order valence-electron chi connectivity index (χ3n) is 10.5. The molecule has 0 atom stereocenters. The van der Waals surface area contributed by atoms with Crippen molar-refractivity contribution in [3.63, 3.8) is 0 Å². The number of fused-ring (bicyclic) bond motifs is 4. The summed E-state index contributed by atoms with van der Waals surface area (Å²) in [6.07, 6.45) is 8.35. The third-order valence-corrected chi connectivity index (χ3v) is 11.2. The Hall–Kier alpha value is -6.69. The van der Waals surface area contributed by atoms with Crippen LogP contribution in [0.5, 0.6) is 0 Å². The number of rotatable bonds is 7. The normalized spacial score (nSPS) is 12.5. The van der Waals surface area contributed by atoms with E-state index in [9.17, 15) is 19.2 Å². The van der Waals surface area contributed by atoms with Gasteiger partial charge in [0.15, 0.2) is 0 Å². The summed E-state index contributed by atoms with van der Waals surface area (Å²) < 4.78 is 9.16. The molecule has 12 nitrogen and oxygen atoms in total. The Labute approximate surface area is 369 Å². The van der Waals surface area contributed by atoms with Gasteiger partial charge in [0.2, 0.25) is 6.08 Å². The van der Waals surface area contributed by atoms with E-state index in [-0.39, 0.29) is 41.8 Å². The van der Waals surface area contributed by atoms with E-state index in [4.69, 9.17) is 28.9 Å². The number of hydrogen-bond donors (Lipinski definition) is 3. The van der Waals surface area contributed by atoms with Gasteiger partial charge < -0.3 is 25.8 Å². The molecule has 0 radical (unpaired) electrons. The van der Waals surface area contributed by atoms with Gasteiger partial charge in [-0.25, -0.2) is 19.2 Å². The summed E-state index contributed by atoms with van der Waals surface area (Å²) >= 11 is 12.0. The molecule has 0 aliphatic heterocycles. The number of amides is 2. The molecule has 14 heteroatoms. The number of aliphatic imine (C=N–C) groups is 1. The van der Waals surface area contributed by atoms with Crippen LogP contribution in [0.4, 0.5) is 4.79 Å². The summed E-state index contributed by atoms with van der Waals surface area (Å²) in [5.74, 6) is -0.977. The molecule has 0 spiro atoms. The summed E-state index contributed by atoms with van der Waals surface area (Å²) in [5, 5.41) is 6.59. The molecule has 0 fully saturated rings. The Morgan fingerprint density at radius 3 is 1.48 bits per heavy atom. The quantitative estimate of drug-likeness (QED) is 0.0809. The van der Waals surface area contributed by atoms with Crippen molar-refractivity contribution >= 4 is 47.3 Å². The Kier molecular flexibility index (Phi) is 15.7. The maximum Gasteiger partial charge on any atom is 0.339 e.